The Hall–Kier alpha value is -16.4. The van der Waals surface area contributed by atoms with Gasteiger partial charge in [0.25, 0.3) is 0 Å². The van der Waals surface area contributed by atoms with Crippen molar-refractivity contribution in [2.24, 2.45) is 0 Å². The van der Waals surface area contributed by atoms with Gasteiger partial charge in [0.2, 0.25) is 0 Å². The van der Waals surface area contributed by atoms with Gasteiger partial charge < -0.3 is 18.3 Å². The number of hydrogen-bond donors (Lipinski definition) is 0. The lowest BCUT2D eigenvalue weighted by molar-refractivity contribution is 1.18. The molecule has 0 aliphatic heterocycles. The van der Waals surface area contributed by atoms with Crippen molar-refractivity contribution in [3.8, 4) is 134 Å². The molecular weight excluding hydrogens is 1500 g/mol. The molecule has 4 heteroatoms. The third kappa shape index (κ3) is 13.0. The van der Waals surface area contributed by atoms with E-state index in [1.807, 2.05) is 0 Å². The monoisotopic (exact) mass is 1580 g/mol. The van der Waals surface area contributed by atoms with Crippen LogP contribution in [0.5, 0.6) is 0 Å². The van der Waals surface area contributed by atoms with Gasteiger partial charge >= 0.3 is 0 Å². The first kappa shape index (κ1) is 72.8. The molecule has 580 valence electrons. The highest BCUT2D eigenvalue weighted by Crippen LogP contribution is 2.45. The maximum atomic E-state index is 2.43. The third-order valence-corrected chi connectivity index (χ3v) is 25.1. The van der Waals surface area contributed by atoms with Crippen LogP contribution in [0, 0.1) is 0 Å². The van der Waals surface area contributed by atoms with Crippen molar-refractivity contribution in [3.63, 3.8) is 0 Å². The molecule has 4 aromatic heterocycles. The van der Waals surface area contributed by atoms with Crippen LogP contribution in [0.25, 0.3) is 221 Å². The Balaban J connectivity index is 0.000000143. The molecule has 0 N–H and O–H groups in total. The average Bonchev–Trinajstić information content (AvgIpc) is 1.54. The van der Waals surface area contributed by atoms with E-state index in [9.17, 15) is 0 Å². The molecule has 0 saturated carbocycles. The van der Waals surface area contributed by atoms with Crippen molar-refractivity contribution < 1.29 is 0 Å². The summed E-state index contributed by atoms with van der Waals surface area (Å²) in [6.07, 6.45) is 0. The summed E-state index contributed by atoms with van der Waals surface area (Å²) in [4.78, 5) is 0. The van der Waals surface area contributed by atoms with Gasteiger partial charge in [-0.05, 0) is 239 Å². The highest BCUT2D eigenvalue weighted by Gasteiger charge is 2.22. The molecule has 0 fully saturated rings. The SMILES string of the molecule is c1ccc(-c2cccc(-c3ccc(-n4c5ccccc5c5cc(-c6ccc7c(c6)c6ccccc6n7-c6ccc(-c7ccccc7-c7ccccc7)cc6)ccc54)cc3)c2)cc1.c1ccc(-c2ccccc2-c2ccc(-n3c4ccccc4c4cc(-c5ccc6c(c5)c5ccccc5n6-c5ccc(-c6ccccc6)c(-c6ccccc6)c5)ccc43)cc2)cc1. The minimum Gasteiger partial charge on any atom is -0.309 e. The predicted molar refractivity (Wildman–Crippen MR) is 525 cm³/mol. The van der Waals surface area contributed by atoms with Crippen LogP contribution >= 0.6 is 0 Å². The lowest BCUT2D eigenvalue weighted by Crippen LogP contribution is -1.96. The minimum atomic E-state index is 1.14. The Morgan fingerprint density at radius 2 is 0.298 bits per heavy atom. The predicted octanol–water partition coefficient (Wildman–Crippen LogP) is 32.4. The molecule has 4 heterocycles. The minimum absolute atomic E-state index is 1.14. The summed E-state index contributed by atoms with van der Waals surface area (Å²) in [5.41, 5.74) is 38.5. The summed E-state index contributed by atoms with van der Waals surface area (Å²) < 4.78 is 9.65. The van der Waals surface area contributed by atoms with Crippen LogP contribution in [0.2, 0.25) is 0 Å². The molecular formula is C120H80N4. The molecule has 0 amide bonds. The fourth-order valence-electron chi connectivity index (χ4n) is 19.2. The maximum Gasteiger partial charge on any atom is 0.0541 e. The number of benzene rings is 20. The van der Waals surface area contributed by atoms with Crippen LogP contribution in [0.15, 0.2) is 485 Å². The Labute approximate surface area is 719 Å². The molecule has 0 saturated heterocycles. The number of para-hydroxylation sites is 4. The van der Waals surface area contributed by atoms with Gasteiger partial charge in [-0.2, -0.15) is 0 Å². The van der Waals surface area contributed by atoms with Crippen LogP contribution in [0.3, 0.4) is 0 Å². The van der Waals surface area contributed by atoms with Crippen molar-refractivity contribution >= 4 is 87.2 Å². The second-order valence-corrected chi connectivity index (χ2v) is 32.2. The lowest BCUT2D eigenvalue weighted by atomic mass is 9.94. The molecule has 24 aromatic rings. The molecule has 0 unspecified atom stereocenters. The normalized spacial score (nSPS) is 11.5. The van der Waals surface area contributed by atoms with Gasteiger partial charge in [-0.15, -0.1) is 0 Å². The van der Waals surface area contributed by atoms with Gasteiger partial charge in [0, 0.05) is 65.8 Å². The van der Waals surface area contributed by atoms with Crippen LogP contribution in [-0.4, -0.2) is 18.3 Å². The van der Waals surface area contributed by atoms with E-state index in [0.717, 1.165) is 22.7 Å². The van der Waals surface area contributed by atoms with E-state index >= 15 is 0 Å². The van der Waals surface area contributed by atoms with Crippen molar-refractivity contribution in [3.05, 3.63) is 485 Å². The number of rotatable bonds is 14. The maximum absolute atomic E-state index is 2.43. The molecule has 0 spiro atoms. The summed E-state index contributed by atoms with van der Waals surface area (Å²) in [7, 11) is 0. The number of hydrogen-bond acceptors (Lipinski definition) is 0. The van der Waals surface area contributed by atoms with E-state index in [1.165, 1.54) is 198 Å². The van der Waals surface area contributed by atoms with Crippen molar-refractivity contribution in [1.82, 2.24) is 18.3 Å². The van der Waals surface area contributed by atoms with Crippen LogP contribution in [0.1, 0.15) is 0 Å². The van der Waals surface area contributed by atoms with Crippen molar-refractivity contribution in [2.45, 2.75) is 0 Å². The first-order valence-electron chi connectivity index (χ1n) is 42.7. The summed E-state index contributed by atoms with van der Waals surface area (Å²) in [5, 5.41) is 9.95. The van der Waals surface area contributed by atoms with E-state index in [4.69, 9.17) is 0 Å². The highest BCUT2D eigenvalue weighted by atomic mass is 15.0. The van der Waals surface area contributed by atoms with Crippen LogP contribution in [-0.2, 0) is 0 Å². The second-order valence-electron chi connectivity index (χ2n) is 32.2. The van der Waals surface area contributed by atoms with Crippen molar-refractivity contribution in [1.29, 1.82) is 0 Å². The van der Waals surface area contributed by atoms with Gasteiger partial charge in [-0.1, -0.05) is 358 Å². The molecule has 0 aliphatic rings. The number of nitrogens with zero attached hydrogens (tertiary/aromatic N) is 4. The fraction of sp³-hybridized carbons (Fsp3) is 0. The van der Waals surface area contributed by atoms with Gasteiger partial charge in [0.05, 0.1) is 44.1 Å². The molecule has 24 rings (SSSR count). The zero-order valence-corrected chi connectivity index (χ0v) is 68.0. The molecule has 0 bridgehead atoms. The summed E-state index contributed by atoms with van der Waals surface area (Å²) >= 11 is 0. The zero-order chi connectivity index (χ0) is 82.0. The van der Waals surface area contributed by atoms with E-state index in [-0.39, 0.29) is 0 Å². The van der Waals surface area contributed by atoms with Crippen molar-refractivity contribution in [2.75, 3.05) is 0 Å². The first-order chi connectivity index (χ1) is 61.5. The first-order valence-corrected chi connectivity index (χ1v) is 42.7. The van der Waals surface area contributed by atoms with E-state index in [1.54, 1.807) is 0 Å². The fourth-order valence-corrected chi connectivity index (χ4v) is 19.2. The molecule has 0 atom stereocenters. The van der Waals surface area contributed by atoms with E-state index < -0.39 is 0 Å². The Morgan fingerprint density at radius 1 is 0.0968 bits per heavy atom. The smallest absolute Gasteiger partial charge is 0.0541 e. The molecule has 20 aromatic carbocycles. The Morgan fingerprint density at radius 3 is 0.621 bits per heavy atom. The molecule has 0 aliphatic carbocycles. The Kier molecular flexibility index (Phi) is 18.2. The summed E-state index contributed by atoms with van der Waals surface area (Å²) in [6.45, 7) is 0. The van der Waals surface area contributed by atoms with Gasteiger partial charge in [-0.3, -0.25) is 0 Å². The number of fused-ring (bicyclic) bond motifs is 12. The van der Waals surface area contributed by atoms with Gasteiger partial charge in [-0.25, -0.2) is 0 Å². The standard InChI is InChI=1S/2C60H40N2/c1-4-16-41(17-5-1)49-22-10-11-23-50(49)44-28-32-47(33-29-44)61-57-26-14-12-24-52(57)55-38-45(30-36-59(55)61)46-31-37-60-56(39-46)53-25-13-15-27-58(53)62(60)48-34-35-51(42-18-6-2-7-19-42)54(40-48)43-20-8-3-9-21-43;1-3-14-41(15-4-1)45-18-13-19-46(38-45)42-26-32-49(33-27-42)61-57-24-11-9-22-53(57)55-39-47(30-36-59(55)61)48-31-37-60-56(40-48)54-23-10-12-25-58(54)62(60)50-34-28-44(29-35-50)52-21-8-7-20-51(52)43-16-5-2-6-17-43/h2*1-40H. The Bertz CT molecular complexity index is 8160. The van der Waals surface area contributed by atoms with Gasteiger partial charge in [0.15, 0.2) is 0 Å². The second kappa shape index (κ2) is 31.1. The summed E-state index contributed by atoms with van der Waals surface area (Å²) in [5.74, 6) is 0. The molecule has 0 radical (unpaired) electrons. The van der Waals surface area contributed by atoms with Crippen LogP contribution < -0.4 is 0 Å². The topological polar surface area (TPSA) is 19.7 Å². The van der Waals surface area contributed by atoms with E-state index in [0.29, 0.717) is 0 Å². The van der Waals surface area contributed by atoms with E-state index in [2.05, 4.69) is 504 Å². The summed E-state index contributed by atoms with van der Waals surface area (Å²) in [6, 6.07) is 177. The molecule has 124 heavy (non-hydrogen) atoms. The average molecular weight is 1580 g/mol. The highest BCUT2D eigenvalue weighted by molar-refractivity contribution is 6.15. The third-order valence-electron chi connectivity index (χ3n) is 25.1. The zero-order valence-electron chi connectivity index (χ0n) is 68.0. The number of aromatic nitrogens is 4. The quantitative estimate of drug-likeness (QED) is 0.103. The van der Waals surface area contributed by atoms with Crippen LogP contribution in [0.4, 0.5) is 0 Å². The molecule has 4 nitrogen and oxygen atoms in total. The van der Waals surface area contributed by atoms with Gasteiger partial charge in [0.1, 0.15) is 0 Å². The lowest BCUT2D eigenvalue weighted by Gasteiger charge is -2.15. The largest absolute Gasteiger partial charge is 0.309 e.